The van der Waals surface area contributed by atoms with Gasteiger partial charge in [0, 0.05) is 6.04 Å². The van der Waals surface area contributed by atoms with Gasteiger partial charge < -0.3 is 10.8 Å². The van der Waals surface area contributed by atoms with Gasteiger partial charge >= 0.3 is 5.97 Å². The van der Waals surface area contributed by atoms with Gasteiger partial charge in [0.2, 0.25) is 0 Å². The van der Waals surface area contributed by atoms with Crippen molar-refractivity contribution in [3.8, 4) is 0 Å². The lowest BCUT2D eigenvalue weighted by Gasteiger charge is -2.25. The SMILES string of the molecule is CC(C)C(C(=O)O)C(N)c1ccc2c(c1)CCCC2. The number of hydrogen-bond donors (Lipinski definition) is 2. The molecular formula is C16H23NO2. The van der Waals surface area contributed by atoms with Crippen LogP contribution in [0.15, 0.2) is 18.2 Å². The highest BCUT2D eigenvalue weighted by Crippen LogP contribution is 2.30. The number of aliphatic carboxylic acids is 1. The van der Waals surface area contributed by atoms with E-state index in [0.717, 1.165) is 18.4 Å². The van der Waals surface area contributed by atoms with Crippen LogP contribution in [0.3, 0.4) is 0 Å². The Kier molecular flexibility index (Phi) is 4.25. The Morgan fingerprint density at radius 3 is 2.42 bits per heavy atom. The van der Waals surface area contributed by atoms with E-state index in [1.54, 1.807) is 0 Å². The van der Waals surface area contributed by atoms with Gasteiger partial charge in [0.05, 0.1) is 5.92 Å². The van der Waals surface area contributed by atoms with E-state index in [-0.39, 0.29) is 5.92 Å². The summed E-state index contributed by atoms with van der Waals surface area (Å²) in [6.45, 7) is 3.83. The average Bonchev–Trinajstić information content (AvgIpc) is 2.37. The van der Waals surface area contributed by atoms with Crippen LogP contribution in [0.1, 0.15) is 49.4 Å². The van der Waals surface area contributed by atoms with Crippen LogP contribution in [-0.2, 0) is 17.6 Å². The van der Waals surface area contributed by atoms with E-state index in [2.05, 4.69) is 12.1 Å². The average molecular weight is 261 g/mol. The zero-order chi connectivity index (χ0) is 14.0. The molecule has 0 fully saturated rings. The van der Waals surface area contributed by atoms with Crippen molar-refractivity contribution in [2.24, 2.45) is 17.6 Å². The Balaban J connectivity index is 2.27. The quantitative estimate of drug-likeness (QED) is 0.876. The number of benzene rings is 1. The predicted octanol–water partition coefficient (Wildman–Crippen LogP) is 2.92. The number of rotatable bonds is 4. The smallest absolute Gasteiger partial charge is 0.308 e. The summed E-state index contributed by atoms with van der Waals surface area (Å²) in [4.78, 5) is 11.4. The molecule has 104 valence electrons. The minimum Gasteiger partial charge on any atom is -0.481 e. The lowest BCUT2D eigenvalue weighted by molar-refractivity contribution is -0.144. The second-order valence-electron chi connectivity index (χ2n) is 5.87. The topological polar surface area (TPSA) is 63.3 Å². The van der Waals surface area contributed by atoms with E-state index in [9.17, 15) is 9.90 Å². The Hall–Kier alpha value is -1.35. The van der Waals surface area contributed by atoms with Crippen molar-refractivity contribution in [3.05, 3.63) is 34.9 Å². The van der Waals surface area contributed by atoms with Crippen molar-refractivity contribution in [3.63, 3.8) is 0 Å². The lowest BCUT2D eigenvalue weighted by Crippen LogP contribution is -2.32. The summed E-state index contributed by atoms with van der Waals surface area (Å²) in [5.41, 5.74) is 9.91. The molecule has 0 radical (unpaired) electrons. The van der Waals surface area contributed by atoms with E-state index in [4.69, 9.17) is 5.73 Å². The molecule has 0 amide bonds. The molecule has 3 N–H and O–H groups in total. The predicted molar refractivity (Wildman–Crippen MR) is 76.0 cm³/mol. The Bertz CT molecular complexity index is 468. The van der Waals surface area contributed by atoms with E-state index in [1.165, 1.54) is 24.0 Å². The first-order chi connectivity index (χ1) is 9.00. The molecule has 19 heavy (non-hydrogen) atoms. The minimum atomic E-state index is -0.805. The molecule has 0 bridgehead atoms. The maximum Gasteiger partial charge on any atom is 0.308 e. The van der Waals surface area contributed by atoms with Gasteiger partial charge in [-0.3, -0.25) is 4.79 Å². The molecule has 2 unspecified atom stereocenters. The van der Waals surface area contributed by atoms with Crippen molar-refractivity contribution in [1.29, 1.82) is 0 Å². The van der Waals surface area contributed by atoms with Crippen LogP contribution < -0.4 is 5.73 Å². The summed E-state index contributed by atoms with van der Waals surface area (Å²) in [7, 11) is 0. The molecule has 0 spiro atoms. The normalized spacial score (nSPS) is 17.9. The number of carboxylic acid groups (broad SMARTS) is 1. The Morgan fingerprint density at radius 2 is 1.84 bits per heavy atom. The van der Waals surface area contributed by atoms with Crippen LogP contribution in [0.2, 0.25) is 0 Å². The van der Waals surface area contributed by atoms with Crippen molar-refractivity contribution in [2.45, 2.75) is 45.6 Å². The fraction of sp³-hybridized carbons (Fsp3) is 0.562. The molecule has 3 heteroatoms. The van der Waals surface area contributed by atoms with E-state index in [1.807, 2.05) is 19.9 Å². The van der Waals surface area contributed by atoms with Crippen molar-refractivity contribution >= 4 is 5.97 Å². The molecule has 2 rings (SSSR count). The zero-order valence-corrected chi connectivity index (χ0v) is 11.7. The largest absolute Gasteiger partial charge is 0.481 e. The number of hydrogen-bond acceptors (Lipinski definition) is 2. The minimum absolute atomic E-state index is 0.0310. The first kappa shape index (κ1) is 14.1. The molecule has 1 aliphatic carbocycles. The van der Waals surface area contributed by atoms with Crippen molar-refractivity contribution < 1.29 is 9.90 Å². The molecule has 1 aromatic rings. The highest BCUT2D eigenvalue weighted by Gasteiger charge is 2.29. The van der Waals surface area contributed by atoms with Crippen LogP contribution in [0, 0.1) is 11.8 Å². The summed E-state index contributed by atoms with van der Waals surface area (Å²) < 4.78 is 0. The van der Waals surface area contributed by atoms with Crippen LogP contribution in [0.5, 0.6) is 0 Å². The number of aryl methyl sites for hydroxylation is 2. The van der Waals surface area contributed by atoms with Crippen LogP contribution in [0.4, 0.5) is 0 Å². The lowest BCUT2D eigenvalue weighted by atomic mass is 9.82. The molecule has 0 saturated heterocycles. The summed E-state index contributed by atoms with van der Waals surface area (Å²) >= 11 is 0. The number of carboxylic acids is 1. The summed E-state index contributed by atoms with van der Waals surface area (Å²) in [6.07, 6.45) is 4.70. The maximum absolute atomic E-state index is 11.4. The van der Waals surface area contributed by atoms with E-state index in [0.29, 0.717) is 0 Å². The van der Waals surface area contributed by atoms with Gasteiger partial charge in [0.1, 0.15) is 0 Å². The zero-order valence-electron chi connectivity index (χ0n) is 11.7. The molecule has 0 saturated carbocycles. The molecule has 2 atom stereocenters. The second-order valence-corrected chi connectivity index (χ2v) is 5.87. The van der Waals surface area contributed by atoms with Crippen molar-refractivity contribution in [1.82, 2.24) is 0 Å². The Labute approximate surface area is 114 Å². The highest BCUT2D eigenvalue weighted by molar-refractivity contribution is 5.71. The highest BCUT2D eigenvalue weighted by atomic mass is 16.4. The van der Waals surface area contributed by atoms with Gasteiger partial charge in [-0.05, 0) is 48.3 Å². The monoisotopic (exact) mass is 261 g/mol. The molecule has 0 aromatic heterocycles. The van der Waals surface area contributed by atoms with E-state index >= 15 is 0 Å². The Morgan fingerprint density at radius 1 is 1.21 bits per heavy atom. The summed E-state index contributed by atoms with van der Waals surface area (Å²) in [5.74, 6) is -1.30. The fourth-order valence-electron chi connectivity index (χ4n) is 3.02. The van der Waals surface area contributed by atoms with Gasteiger partial charge in [0.25, 0.3) is 0 Å². The fourth-order valence-corrected chi connectivity index (χ4v) is 3.02. The maximum atomic E-state index is 11.4. The van der Waals surface area contributed by atoms with Gasteiger partial charge in [-0.2, -0.15) is 0 Å². The molecule has 1 aliphatic rings. The standard InChI is InChI=1S/C16H23NO2/c1-10(2)14(16(18)19)15(17)13-8-7-11-5-3-4-6-12(11)9-13/h7-10,14-15H,3-6,17H2,1-2H3,(H,18,19). The van der Waals surface area contributed by atoms with Crippen LogP contribution in [0.25, 0.3) is 0 Å². The van der Waals surface area contributed by atoms with Crippen LogP contribution >= 0.6 is 0 Å². The summed E-state index contributed by atoms with van der Waals surface area (Å²) in [6, 6.07) is 5.83. The third-order valence-corrected chi connectivity index (χ3v) is 4.15. The summed E-state index contributed by atoms with van der Waals surface area (Å²) in [5, 5.41) is 9.33. The molecular weight excluding hydrogens is 238 g/mol. The van der Waals surface area contributed by atoms with E-state index < -0.39 is 17.9 Å². The van der Waals surface area contributed by atoms with Crippen LogP contribution in [-0.4, -0.2) is 11.1 Å². The second kappa shape index (κ2) is 5.74. The molecule has 0 heterocycles. The number of carbonyl (C=O) groups is 1. The molecule has 1 aromatic carbocycles. The molecule has 3 nitrogen and oxygen atoms in total. The van der Waals surface area contributed by atoms with Gasteiger partial charge in [0.15, 0.2) is 0 Å². The third-order valence-electron chi connectivity index (χ3n) is 4.15. The van der Waals surface area contributed by atoms with Gasteiger partial charge in [-0.25, -0.2) is 0 Å². The first-order valence-corrected chi connectivity index (χ1v) is 7.10. The van der Waals surface area contributed by atoms with Gasteiger partial charge in [-0.15, -0.1) is 0 Å². The van der Waals surface area contributed by atoms with Gasteiger partial charge in [-0.1, -0.05) is 32.0 Å². The third kappa shape index (κ3) is 2.98. The number of nitrogens with two attached hydrogens (primary N) is 1. The van der Waals surface area contributed by atoms with Crippen molar-refractivity contribution in [2.75, 3.05) is 0 Å². The number of fused-ring (bicyclic) bond motifs is 1. The molecule has 0 aliphatic heterocycles. The first-order valence-electron chi connectivity index (χ1n) is 7.10.